The molecule has 2 aromatic rings. The van der Waals surface area contributed by atoms with Gasteiger partial charge in [0.1, 0.15) is 11.4 Å². The molecule has 7 heteroatoms. The summed E-state index contributed by atoms with van der Waals surface area (Å²) in [5, 5.41) is 9.56. The van der Waals surface area contributed by atoms with Crippen LogP contribution in [-0.4, -0.2) is 34.8 Å². The van der Waals surface area contributed by atoms with E-state index < -0.39 is 17.2 Å². The highest BCUT2D eigenvalue weighted by atomic mass is 19.1. The normalized spacial score (nSPS) is 18.3. The van der Waals surface area contributed by atoms with Crippen LogP contribution in [0.25, 0.3) is 10.9 Å². The van der Waals surface area contributed by atoms with E-state index >= 15 is 4.39 Å². The molecule has 2 heterocycles. The van der Waals surface area contributed by atoms with Crippen molar-refractivity contribution in [3.05, 3.63) is 39.4 Å². The Bertz CT molecular complexity index is 973. The van der Waals surface area contributed by atoms with Crippen LogP contribution in [0.15, 0.2) is 17.1 Å². The highest BCUT2D eigenvalue weighted by Gasteiger charge is 2.30. The minimum atomic E-state index is -1.27. The molecular formula is C20H24FN3O3. The quantitative estimate of drug-likeness (QED) is 0.860. The van der Waals surface area contributed by atoms with Gasteiger partial charge < -0.3 is 20.3 Å². The summed E-state index contributed by atoms with van der Waals surface area (Å²) in [4.78, 5) is 26.3. The average Bonchev–Trinajstić information content (AvgIpc) is 3.47. The number of fused-ring (bicyclic) bond motifs is 1. The molecule has 0 radical (unpaired) electrons. The van der Waals surface area contributed by atoms with Crippen molar-refractivity contribution >= 4 is 22.6 Å². The number of anilines is 1. The minimum absolute atomic E-state index is 0.137. The van der Waals surface area contributed by atoms with Gasteiger partial charge in [-0.25, -0.2) is 9.18 Å². The number of hydrogen-bond donors (Lipinski definition) is 2. The number of piperidine rings is 1. The summed E-state index contributed by atoms with van der Waals surface area (Å²) in [5.41, 5.74) is 7.07. The summed E-state index contributed by atoms with van der Waals surface area (Å²) >= 11 is 0. The van der Waals surface area contributed by atoms with Gasteiger partial charge in [0, 0.05) is 42.3 Å². The molecule has 0 amide bonds. The lowest BCUT2D eigenvalue weighted by Crippen LogP contribution is -2.40. The monoisotopic (exact) mass is 373 g/mol. The molecule has 1 aliphatic carbocycles. The Morgan fingerprint density at radius 2 is 1.96 bits per heavy atom. The fourth-order valence-corrected chi connectivity index (χ4v) is 4.15. The summed E-state index contributed by atoms with van der Waals surface area (Å²) in [5.74, 6) is -1.74. The molecule has 0 atom stereocenters. The molecule has 27 heavy (non-hydrogen) atoms. The predicted octanol–water partition coefficient (Wildman–Crippen LogP) is 2.66. The van der Waals surface area contributed by atoms with Gasteiger partial charge in [-0.15, -0.1) is 0 Å². The maximum absolute atomic E-state index is 15.1. The Labute approximate surface area is 156 Å². The van der Waals surface area contributed by atoms with E-state index in [0.29, 0.717) is 30.7 Å². The van der Waals surface area contributed by atoms with Crippen LogP contribution < -0.4 is 16.1 Å². The third-order valence-electron chi connectivity index (χ3n) is 5.72. The van der Waals surface area contributed by atoms with Crippen molar-refractivity contribution in [3.8, 4) is 0 Å². The first-order chi connectivity index (χ1) is 12.9. The molecule has 2 fully saturated rings. The number of hydrogen-bond acceptors (Lipinski definition) is 4. The number of halogens is 1. The number of aryl methyl sites for hydroxylation is 1. The topological polar surface area (TPSA) is 88.6 Å². The average molecular weight is 373 g/mol. The number of nitrogens with two attached hydrogens (primary N) is 1. The van der Waals surface area contributed by atoms with Crippen molar-refractivity contribution in [3.63, 3.8) is 0 Å². The number of carboxylic acid groups (broad SMARTS) is 1. The van der Waals surface area contributed by atoms with E-state index in [4.69, 9.17) is 5.73 Å². The van der Waals surface area contributed by atoms with Crippen LogP contribution in [0.5, 0.6) is 0 Å². The van der Waals surface area contributed by atoms with E-state index in [1.165, 1.54) is 12.3 Å². The van der Waals surface area contributed by atoms with Crippen LogP contribution in [0, 0.1) is 5.82 Å². The molecule has 3 N–H and O–H groups in total. The Morgan fingerprint density at radius 1 is 1.30 bits per heavy atom. The zero-order valence-corrected chi connectivity index (χ0v) is 15.4. The first-order valence-corrected chi connectivity index (χ1v) is 9.56. The zero-order valence-electron chi connectivity index (χ0n) is 15.4. The first-order valence-electron chi connectivity index (χ1n) is 9.56. The molecule has 0 bridgehead atoms. The van der Waals surface area contributed by atoms with Gasteiger partial charge in [0.25, 0.3) is 0 Å². The molecule has 2 aliphatic rings. The minimum Gasteiger partial charge on any atom is -0.477 e. The molecule has 1 aromatic heterocycles. The lowest BCUT2D eigenvalue weighted by Gasteiger charge is -2.34. The van der Waals surface area contributed by atoms with Gasteiger partial charge in [0.05, 0.1) is 11.2 Å². The smallest absolute Gasteiger partial charge is 0.341 e. The van der Waals surface area contributed by atoms with Gasteiger partial charge in [-0.05, 0) is 38.2 Å². The number of pyridine rings is 1. The van der Waals surface area contributed by atoms with Crippen molar-refractivity contribution < 1.29 is 14.3 Å². The van der Waals surface area contributed by atoms with E-state index in [-0.39, 0.29) is 23.0 Å². The maximum atomic E-state index is 15.1. The third-order valence-corrected chi connectivity index (χ3v) is 5.72. The summed E-state index contributed by atoms with van der Waals surface area (Å²) in [7, 11) is 0. The third kappa shape index (κ3) is 3.00. The van der Waals surface area contributed by atoms with Crippen LogP contribution in [0.3, 0.4) is 0 Å². The summed E-state index contributed by atoms with van der Waals surface area (Å²) in [6, 6.07) is 1.54. The first kappa shape index (κ1) is 18.0. The van der Waals surface area contributed by atoms with Crippen LogP contribution in [0.4, 0.5) is 10.1 Å². The lowest BCUT2D eigenvalue weighted by atomic mass is 9.98. The summed E-state index contributed by atoms with van der Waals surface area (Å²) in [6.45, 7) is 3.30. The number of nitrogens with zero attached hydrogens (tertiary/aromatic N) is 2. The van der Waals surface area contributed by atoms with Gasteiger partial charge in [0.15, 0.2) is 0 Å². The lowest BCUT2D eigenvalue weighted by molar-refractivity contribution is 0.0695. The Kier molecular flexibility index (Phi) is 4.42. The van der Waals surface area contributed by atoms with Crippen molar-refractivity contribution in [1.82, 2.24) is 4.57 Å². The molecule has 1 aromatic carbocycles. The van der Waals surface area contributed by atoms with E-state index in [1.807, 2.05) is 16.4 Å². The van der Waals surface area contributed by atoms with Crippen LogP contribution in [-0.2, 0) is 6.42 Å². The Hall–Kier alpha value is -2.41. The molecule has 1 saturated carbocycles. The summed E-state index contributed by atoms with van der Waals surface area (Å²) in [6.07, 6.45) is 5.47. The molecular weight excluding hydrogens is 349 g/mol. The standard InChI is InChI=1S/C20H24FN3O3/c1-2-13-17-14(9-16(21)18(13)23-7-5-11(22)6-8-23)19(25)15(20(26)27)10-24(17)12-3-4-12/h9-12H,2-8,22H2,1H3,(H,26,27). The predicted molar refractivity (Wildman–Crippen MR) is 102 cm³/mol. The van der Waals surface area contributed by atoms with Crippen molar-refractivity contribution in [2.24, 2.45) is 5.73 Å². The molecule has 4 rings (SSSR count). The number of rotatable bonds is 4. The van der Waals surface area contributed by atoms with Crippen LogP contribution in [0.2, 0.25) is 0 Å². The Balaban J connectivity index is 2.00. The number of carbonyl (C=O) groups is 1. The van der Waals surface area contributed by atoms with Crippen molar-refractivity contribution in [2.45, 2.75) is 51.1 Å². The van der Waals surface area contributed by atoms with Gasteiger partial charge in [-0.3, -0.25) is 4.79 Å². The van der Waals surface area contributed by atoms with Crippen LogP contribution >= 0.6 is 0 Å². The highest BCUT2D eigenvalue weighted by molar-refractivity contribution is 5.95. The molecule has 6 nitrogen and oxygen atoms in total. The highest BCUT2D eigenvalue weighted by Crippen LogP contribution is 2.40. The molecule has 144 valence electrons. The second kappa shape index (κ2) is 6.64. The number of aromatic nitrogens is 1. The summed E-state index contributed by atoms with van der Waals surface area (Å²) < 4.78 is 17.0. The fraction of sp³-hybridized carbons (Fsp3) is 0.500. The number of benzene rings is 1. The second-order valence-corrected chi connectivity index (χ2v) is 7.58. The molecule has 0 spiro atoms. The maximum Gasteiger partial charge on any atom is 0.341 e. The van der Waals surface area contributed by atoms with E-state index in [2.05, 4.69) is 0 Å². The van der Waals surface area contributed by atoms with Crippen LogP contribution in [0.1, 0.15) is 54.6 Å². The molecule has 0 unspecified atom stereocenters. The zero-order chi connectivity index (χ0) is 19.3. The number of carboxylic acids is 1. The van der Waals surface area contributed by atoms with Gasteiger partial charge in [-0.1, -0.05) is 6.92 Å². The number of aromatic carboxylic acids is 1. The SMILES string of the molecule is CCc1c(N2CCC(N)CC2)c(F)cc2c(=O)c(C(=O)O)cn(C3CC3)c12. The Morgan fingerprint density at radius 3 is 2.52 bits per heavy atom. The van der Waals surface area contributed by atoms with Gasteiger partial charge in [-0.2, -0.15) is 0 Å². The van der Waals surface area contributed by atoms with E-state index in [1.54, 1.807) is 0 Å². The van der Waals surface area contributed by atoms with E-state index in [9.17, 15) is 14.7 Å². The van der Waals surface area contributed by atoms with Crippen molar-refractivity contribution in [2.75, 3.05) is 18.0 Å². The van der Waals surface area contributed by atoms with E-state index in [0.717, 1.165) is 31.2 Å². The molecule has 1 aliphatic heterocycles. The van der Waals surface area contributed by atoms with Gasteiger partial charge >= 0.3 is 5.97 Å². The largest absolute Gasteiger partial charge is 0.477 e. The van der Waals surface area contributed by atoms with Gasteiger partial charge in [0.2, 0.25) is 5.43 Å². The fourth-order valence-electron chi connectivity index (χ4n) is 4.15. The van der Waals surface area contributed by atoms with Crippen molar-refractivity contribution in [1.29, 1.82) is 0 Å². The second-order valence-electron chi connectivity index (χ2n) is 7.58. The molecule has 1 saturated heterocycles.